The highest BCUT2D eigenvalue weighted by molar-refractivity contribution is 6.74. The normalized spacial score (nSPS) is 14.2. The molecular formula is C16H21F4NO2Si. The summed E-state index contributed by atoms with van der Waals surface area (Å²) >= 11 is 0. The summed E-state index contributed by atoms with van der Waals surface area (Å²) in [5.41, 5.74) is -0.962. The Bertz CT molecular complexity index is 645. The van der Waals surface area contributed by atoms with Gasteiger partial charge in [-0.3, -0.25) is 0 Å². The molecule has 0 aliphatic rings. The van der Waals surface area contributed by atoms with E-state index in [1.165, 1.54) is 0 Å². The van der Waals surface area contributed by atoms with Gasteiger partial charge < -0.3 is 9.16 Å². The van der Waals surface area contributed by atoms with Gasteiger partial charge in [0.05, 0.1) is 7.11 Å². The highest BCUT2D eigenvalue weighted by Crippen LogP contribution is 2.47. The molecule has 8 heteroatoms. The van der Waals surface area contributed by atoms with Crippen molar-refractivity contribution in [2.75, 3.05) is 7.11 Å². The molecule has 0 saturated carbocycles. The first kappa shape index (κ1) is 20.5. The number of benzene rings is 1. The van der Waals surface area contributed by atoms with Gasteiger partial charge in [0.2, 0.25) is 0 Å². The zero-order valence-corrected chi connectivity index (χ0v) is 15.5. The zero-order chi connectivity index (χ0) is 18.9. The maximum Gasteiger partial charge on any atom is 0.417 e. The predicted octanol–water partition coefficient (Wildman–Crippen LogP) is 5.33. The van der Waals surface area contributed by atoms with E-state index in [9.17, 15) is 17.6 Å². The third-order valence-corrected chi connectivity index (χ3v) is 8.69. The lowest BCUT2D eigenvalue weighted by Crippen LogP contribution is -2.44. The fourth-order valence-corrected chi connectivity index (χ4v) is 3.09. The van der Waals surface area contributed by atoms with Crippen molar-refractivity contribution in [2.24, 2.45) is 0 Å². The molecule has 3 nitrogen and oxygen atoms in total. The van der Waals surface area contributed by atoms with Gasteiger partial charge in [0.1, 0.15) is 23.2 Å². The van der Waals surface area contributed by atoms with Gasteiger partial charge in [0, 0.05) is 5.56 Å². The molecule has 1 rings (SSSR count). The van der Waals surface area contributed by atoms with Gasteiger partial charge in [0.15, 0.2) is 14.4 Å². The SMILES string of the molecule is COc1c(C(O[Si](C)(C)C(C)(C)C)C(F)(F)F)ccc(F)c1C#N. The molecule has 134 valence electrons. The van der Waals surface area contributed by atoms with Crippen LogP contribution in [0.15, 0.2) is 12.1 Å². The van der Waals surface area contributed by atoms with Gasteiger partial charge >= 0.3 is 6.18 Å². The first-order chi connectivity index (χ1) is 10.8. The molecule has 0 bridgehead atoms. The standard InChI is InChI=1S/C16H21F4NO2Si/c1-15(2,3)24(5,6)23-14(16(18,19)20)10-7-8-12(17)11(9-21)13(10)22-4/h7-8,14H,1-6H3. The lowest BCUT2D eigenvalue weighted by Gasteiger charge is -2.40. The van der Waals surface area contributed by atoms with Gasteiger partial charge in [-0.1, -0.05) is 20.8 Å². The molecule has 0 heterocycles. The van der Waals surface area contributed by atoms with E-state index in [1.54, 1.807) is 19.2 Å². The van der Waals surface area contributed by atoms with Crippen molar-refractivity contribution in [1.82, 2.24) is 0 Å². The molecule has 0 radical (unpaired) electrons. The van der Waals surface area contributed by atoms with E-state index in [2.05, 4.69) is 0 Å². The van der Waals surface area contributed by atoms with Crippen molar-refractivity contribution in [3.05, 3.63) is 29.1 Å². The Morgan fingerprint density at radius 1 is 1.17 bits per heavy atom. The second-order valence-corrected chi connectivity index (χ2v) is 11.7. The van der Waals surface area contributed by atoms with Crippen molar-refractivity contribution >= 4 is 8.32 Å². The van der Waals surface area contributed by atoms with E-state index in [-0.39, 0.29) is 0 Å². The molecule has 0 aliphatic carbocycles. The van der Waals surface area contributed by atoms with Crippen LogP contribution in [0, 0.1) is 17.1 Å². The first-order valence-corrected chi connectivity index (χ1v) is 10.2. The largest absolute Gasteiger partial charge is 0.495 e. The Morgan fingerprint density at radius 3 is 2.08 bits per heavy atom. The number of rotatable bonds is 4. The number of ether oxygens (including phenoxy) is 1. The summed E-state index contributed by atoms with van der Waals surface area (Å²) in [6.45, 7) is 8.82. The monoisotopic (exact) mass is 363 g/mol. The van der Waals surface area contributed by atoms with E-state index in [4.69, 9.17) is 14.4 Å². The predicted molar refractivity (Wildman–Crippen MR) is 84.7 cm³/mol. The molecular weight excluding hydrogens is 342 g/mol. The number of halogens is 4. The van der Waals surface area contributed by atoms with Crippen molar-refractivity contribution < 1.29 is 26.7 Å². The number of nitriles is 1. The number of hydrogen-bond acceptors (Lipinski definition) is 3. The number of hydrogen-bond donors (Lipinski definition) is 0. The molecule has 1 atom stereocenters. The van der Waals surface area contributed by atoms with Crippen molar-refractivity contribution in [1.29, 1.82) is 5.26 Å². The third kappa shape index (κ3) is 4.08. The van der Waals surface area contributed by atoms with E-state index < -0.39 is 48.3 Å². The van der Waals surface area contributed by atoms with Crippen molar-refractivity contribution in [3.8, 4) is 11.8 Å². The summed E-state index contributed by atoms with van der Waals surface area (Å²) in [5.74, 6) is -1.38. The van der Waals surface area contributed by atoms with Gasteiger partial charge in [-0.05, 0) is 30.3 Å². The van der Waals surface area contributed by atoms with Crippen LogP contribution in [0.2, 0.25) is 18.1 Å². The van der Waals surface area contributed by atoms with E-state index in [0.29, 0.717) is 0 Å². The first-order valence-electron chi connectivity index (χ1n) is 7.27. The summed E-state index contributed by atoms with van der Waals surface area (Å²) in [6.07, 6.45) is -7.02. The topological polar surface area (TPSA) is 42.2 Å². The highest BCUT2D eigenvalue weighted by Gasteiger charge is 2.50. The average Bonchev–Trinajstić information content (AvgIpc) is 2.42. The molecule has 0 amide bonds. The Morgan fingerprint density at radius 2 is 1.71 bits per heavy atom. The Kier molecular flexibility index (Phi) is 5.73. The fourth-order valence-electron chi connectivity index (χ4n) is 1.88. The second-order valence-electron chi connectivity index (χ2n) is 6.96. The van der Waals surface area contributed by atoms with Gasteiger partial charge in [-0.15, -0.1) is 0 Å². The van der Waals surface area contributed by atoms with E-state index >= 15 is 0 Å². The van der Waals surface area contributed by atoms with Crippen LogP contribution < -0.4 is 4.74 Å². The van der Waals surface area contributed by atoms with Crippen LogP contribution in [-0.4, -0.2) is 21.6 Å². The molecule has 0 fully saturated rings. The Hall–Kier alpha value is -1.59. The van der Waals surface area contributed by atoms with Crippen LogP contribution >= 0.6 is 0 Å². The molecule has 0 spiro atoms. The van der Waals surface area contributed by atoms with E-state index in [0.717, 1.165) is 19.2 Å². The fraction of sp³-hybridized carbons (Fsp3) is 0.562. The maximum absolute atomic E-state index is 13.7. The van der Waals surface area contributed by atoms with Crippen LogP contribution in [0.1, 0.15) is 38.0 Å². The number of alkyl halides is 3. The molecule has 1 aromatic rings. The van der Waals surface area contributed by atoms with E-state index in [1.807, 2.05) is 20.8 Å². The molecule has 1 unspecified atom stereocenters. The third-order valence-electron chi connectivity index (χ3n) is 4.25. The minimum Gasteiger partial charge on any atom is -0.495 e. The summed E-state index contributed by atoms with van der Waals surface area (Å²) in [5, 5.41) is 8.56. The van der Waals surface area contributed by atoms with Gasteiger partial charge in [-0.2, -0.15) is 18.4 Å². The Labute approximate surface area is 140 Å². The lowest BCUT2D eigenvalue weighted by molar-refractivity contribution is -0.201. The minimum absolute atomic E-state index is 0.396. The maximum atomic E-state index is 13.7. The highest BCUT2D eigenvalue weighted by atomic mass is 28.4. The quantitative estimate of drug-likeness (QED) is 0.536. The molecule has 24 heavy (non-hydrogen) atoms. The molecule has 0 saturated heterocycles. The summed E-state index contributed by atoms with van der Waals surface area (Å²) < 4.78 is 65.0. The van der Waals surface area contributed by atoms with Gasteiger partial charge in [-0.25, -0.2) is 4.39 Å². The molecule has 1 aromatic carbocycles. The second kappa shape index (κ2) is 6.73. The minimum atomic E-state index is -4.73. The summed E-state index contributed by atoms with van der Waals surface area (Å²) in [6, 6.07) is 3.33. The summed E-state index contributed by atoms with van der Waals surface area (Å²) in [4.78, 5) is 0. The van der Waals surface area contributed by atoms with Crippen LogP contribution in [0.25, 0.3) is 0 Å². The smallest absolute Gasteiger partial charge is 0.417 e. The van der Waals surface area contributed by atoms with Crippen LogP contribution in [0.3, 0.4) is 0 Å². The number of nitrogens with zero attached hydrogens (tertiary/aromatic N) is 1. The van der Waals surface area contributed by atoms with Crippen LogP contribution in [0.5, 0.6) is 5.75 Å². The number of methoxy groups -OCH3 is 1. The van der Waals surface area contributed by atoms with Crippen molar-refractivity contribution in [2.45, 2.75) is 51.2 Å². The summed E-state index contributed by atoms with van der Waals surface area (Å²) in [7, 11) is -1.69. The molecule has 0 aliphatic heterocycles. The molecule has 0 aromatic heterocycles. The van der Waals surface area contributed by atoms with Crippen molar-refractivity contribution in [3.63, 3.8) is 0 Å². The average molecular weight is 363 g/mol. The lowest BCUT2D eigenvalue weighted by atomic mass is 10.0. The van der Waals surface area contributed by atoms with Crippen LogP contribution in [-0.2, 0) is 4.43 Å². The Balaban J connectivity index is 3.54. The molecule has 0 N–H and O–H groups in total. The van der Waals surface area contributed by atoms with Gasteiger partial charge in [0.25, 0.3) is 0 Å². The zero-order valence-electron chi connectivity index (χ0n) is 14.5. The van der Waals surface area contributed by atoms with Crippen LogP contribution in [0.4, 0.5) is 17.6 Å².